The normalized spacial score (nSPS) is 12.8. The Bertz CT molecular complexity index is 154. The maximum absolute atomic E-state index is 10.8. The van der Waals surface area contributed by atoms with Crippen LogP contribution in [0.1, 0.15) is 40.5 Å². The topological polar surface area (TPSA) is 17.1 Å². The van der Waals surface area contributed by atoms with Crippen LogP contribution >= 0.6 is 0 Å². The molecule has 10 heavy (non-hydrogen) atoms. The van der Waals surface area contributed by atoms with Gasteiger partial charge in [-0.25, -0.2) is 0 Å². The van der Waals surface area contributed by atoms with Gasteiger partial charge < -0.3 is 0 Å². The van der Waals surface area contributed by atoms with Crippen LogP contribution < -0.4 is 0 Å². The highest BCUT2D eigenvalue weighted by molar-refractivity contribution is 5.93. The monoisotopic (exact) mass is 140 g/mol. The van der Waals surface area contributed by atoms with Gasteiger partial charge in [-0.15, -0.1) is 0 Å². The van der Waals surface area contributed by atoms with Gasteiger partial charge in [-0.05, 0) is 32.8 Å². The van der Waals surface area contributed by atoms with E-state index in [4.69, 9.17) is 0 Å². The average molecular weight is 140 g/mol. The van der Waals surface area contributed by atoms with Crippen LogP contribution in [0.2, 0.25) is 0 Å². The molecule has 0 bridgehead atoms. The molecule has 0 unspecified atom stereocenters. The van der Waals surface area contributed by atoms with Gasteiger partial charge >= 0.3 is 0 Å². The Hall–Kier alpha value is -0.590. The fraction of sp³-hybridized carbons (Fsp3) is 0.667. The molecule has 1 nitrogen and oxygen atoms in total. The van der Waals surface area contributed by atoms with E-state index >= 15 is 0 Å². The van der Waals surface area contributed by atoms with Crippen LogP contribution in [0.15, 0.2) is 11.1 Å². The van der Waals surface area contributed by atoms with Gasteiger partial charge in [0.05, 0.1) is 0 Å². The molecule has 0 aromatic heterocycles. The molecule has 0 aliphatic heterocycles. The zero-order valence-corrected chi connectivity index (χ0v) is 7.32. The minimum absolute atomic E-state index is 0.200. The highest BCUT2D eigenvalue weighted by Gasteiger charge is 1.99. The highest BCUT2D eigenvalue weighted by atomic mass is 16.1. The first-order valence-electron chi connectivity index (χ1n) is 3.76. The number of carbonyl (C=O) groups excluding carboxylic acids is 1. The van der Waals surface area contributed by atoms with Crippen molar-refractivity contribution in [2.45, 2.75) is 40.5 Å². The van der Waals surface area contributed by atoms with Crippen molar-refractivity contribution in [1.29, 1.82) is 0 Å². The molecule has 0 amide bonds. The molecule has 0 rings (SSSR count). The maximum Gasteiger partial charge on any atom is 0.155 e. The van der Waals surface area contributed by atoms with Gasteiger partial charge in [-0.3, -0.25) is 4.79 Å². The molecule has 0 saturated carbocycles. The molecule has 0 spiro atoms. The van der Waals surface area contributed by atoms with Gasteiger partial charge in [0.25, 0.3) is 0 Å². The lowest BCUT2D eigenvalue weighted by Gasteiger charge is -2.01. The molecular weight excluding hydrogens is 124 g/mol. The second-order valence-corrected chi connectivity index (χ2v) is 2.71. The van der Waals surface area contributed by atoms with E-state index in [9.17, 15) is 4.79 Å². The summed E-state index contributed by atoms with van der Waals surface area (Å²) in [4.78, 5) is 10.8. The van der Waals surface area contributed by atoms with E-state index in [1.54, 1.807) is 6.92 Å². The van der Waals surface area contributed by atoms with Crippen molar-refractivity contribution in [3.8, 4) is 0 Å². The van der Waals surface area contributed by atoms with Gasteiger partial charge in [0.2, 0.25) is 0 Å². The molecule has 0 radical (unpaired) electrons. The first kappa shape index (κ1) is 9.41. The second-order valence-electron chi connectivity index (χ2n) is 2.71. The van der Waals surface area contributed by atoms with Gasteiger partial charge in [0.15, 0.2) is 5.78 Å². The molecule has 0 fully saturated rings. The van der Waals surface area contributed by atoms with Gasteiger partial charge in [0, 0.05) is 0 Å². The number of hydrogen-bond acceptors (Lipinski definition) is 1. The minimum Gasteiger partial charge on any atom is -0.295 e. The molecule has 0 saturated heterocycles. The van der Waals surface area contributed by atoms with Gasteiger partial charge in [0.1, 0.15) is 0 Å². The van der Waals surface area contributed by atoms with Gasteiger partial charge in [-0.2, -0.15) is 0 Å². The third kappa shape index (κ3) is 2.81. The fourth-order valence-corrected chi connectivity index (χ4v) is 0.863. The van der Waals surface area contributed by atoms with Crippen LogP contribution in [0.4, 0.5) is 0 Å². The maximum atomic E-state index is 10.8. The Labute approximate surface area is 63.1 Å². The summed E-state index contributed by atoms with van der Waals surface area (Å²) in [6.07, 6.45) is 2.17. The van der Waals surface area contributed by atoms with E-state index in [1.807, 2.05) is 13.8 Å². The predicted octanol–water partition coefficient (Wildman–Crippen LogP) is 2.71. The smallest absolute Gasteiger partial charge is 0.155 e. The van der Waals surface area contributed by atoms with E-state index < -0.39 is 0 Å². The van der Waals surface area contributed by atoms with E-state index in [-0.39, 0.29) is 5.78 Å². The molecular formula is C9H16O. The van der Waals surface area contributed by atoms with Gasteiger partial charge in [-0.1, -0.05) is 18.9 Å². The van der Waals surface area contributed by atoms with Crippen molar-refractivity contribution in [1.82, 2.24) is 0 Å². The molecule has 1 heteroatoms. The Morgan fingerprint density at radius 3 is 2.00 bits per heavy atom. The lowest BCUT2D eigenvalue weighted by atomic mass is 10.0. The summed E-state index contributed by atoms with van der Waals surface area (Å²) in [5.41, 5.74) is 2.16. The van der Waals surface area contributed by atoms with Crippen LogP contribution in [0, 0.1) is 0 Å². The minimum atomic E-state index is 0.200. The summed E-state index contributed by atoms with van der Waals surface area (Å²) in [6, 6.07) is 0. The fourth-order valence-electron chi connectivity index (χ4n) is 0.863. The third-order valence-electron chi connectivity index (χ3n) is 1.79. The summed E-state index contributed by atoms with van der Waals surface area (Å²) in [5, 5.41) is 0. The second kappa shape index (κ2) is 4.26. The van der Waals surface area contributed by atoms with E-state index in [0.29, 0.717) is 0 Å². The van der Waals surface area contributed by atoms with Crippen LogP contribution in [0.5, 0.6) is 0 Å². The molecule has 0 N–H and O–H groups in total. The number of allylic oxidation sites excluding steroid dienone is 2. The number of hydrogen-bond donors (Lipinski definition) is 0. The van der Waals surface area contributed by atoms with E-state index in [1.165, 1.54) is 5.57 Å². The first-order chi connectivity index (χ1) is 4.59. The average Bonchev–Trinajstić information content (AvgIpc) is 1.87. The number of carbonyl (C=O) groups is 1. The van der Waals surface area contributed by atoms with Crippen LogP contribution in [0.25, 0.3) is 0 Å². The van der Waals surface area contributed by atoms with Crippen molar-refractivity contribution in [3.05, 3.63) is 11.1 Å². The van der Waals surface area contributed by atoms with Crippen molar-refractivity contribution in [3.63, 3.8) is 0 Å². The van der Waals surface area contributed by atoms with Crippen molar-refractivity contribution >= 4 is 5.78 Å². The van der Waals surface area contributed by atoms with Crippen molar-refractivity contribution in [2.75, 3.05) is 0 Å². The van der Waals surface area contributed by atoms with Crippen LogP contribution in [-0.4, -0.2) is 5.78 Å². The summed E-state index contributed by atoms with van der Waals surface area (Å²) in [5.74, 6) is 0.200. The van der Waals surface area contributed by atoms with Crippen LogP contribution in [0.3, 0.4) is 0 Å². The van der Waals surface area contributed by atoms with E-state index in [0.717, 1.165) is 18.4 Å². The summed E-state index contributed by atoms with van der Waals surface area (Å²) < 4.78 is 0. The SMILES string of the molecule is CCCC(C)=C(C)C(C)=O. The predicted molar refractivity (Wildman–Crippen MR) is 44.0 cm³/mol. The zero-order valence-electron chi connectivity index (χ0n) is 7.32. The van der Waals surface area contributed by atoms with E-state index in [2.05, 4.69) is 6.92 Å². The van der Waals surface area contributed by atoms with Crippen molar-refractivity contribution < 1.29 is 4.79 Å². The molecule has 58 valence electrons. The molecule has 0 aliphatic carbocycles. The first-order valence-corrected chi connectivity index (χ1v) is 3.76. The zero-order chi connectivity index (χ0) is 8.15. The lowest BCUT2D eigenvalue weighted by molar-refractivity contribution is -0.113. The Kier molecular flexibility index (Phi) is 4.01. The number of ketones is 1. The Balaban J connectivity index is 4.19. The Morgan fingerprint density at radius 2 is 1.70 bits per heavy atom. The standard InChI is InChI=1S/C9H16O/c1-5-6-7(2)8(3)9(4)10/h5-6H2,1-4H3. The summed E-state index contributed by atoms with van der Waals surface area (Å²) in [7, 11) is 0. The summed E-state index contributed by atoms with van der Waals surface area (Å²) in [6.45, 7) is 7.67. The number of Topliss-reactive ketones (excluding diaryl/α,β-unsaturated/α-hetero) is 1. The summed E-state index contributed by atoms with van der Waals surface area (Å²) >= 11 is 0. The Morgan fingerprint density at radius 1 is 1.20 bits per heavy atom. The van der Waals surface area contributed by atoms with Crippen LogP contribution in [-0.2, 0) is 4.79 Å². The molecule has 0 atom stereocenters. The molecule has 0 aromatic carbocycles. The molecule has 0 heterocycles. The number of rotatable bonds is 3. The molecule has 0 aromatic rings. The lowest BCUT2D eigenvalue weighted by Crippen LogP contribution is -1.95. The highest BCUT2D eigenvalue weighted by Crippen LogP contribution is 2.09. The van der Waals surface area contributed by atoms with Crippen molar-refractivity contribution in [2.24, 2.45) is 0 Å². The molecule has 0 aliphatic rings. The largest absolute Gasteiger partial charge is 0.295 e. The third-order valence-corrected chi connectivity index (χ3v) is 1.79. The quantitative estimate of drug-likeness (QED) is 0.551.